The summed E-state index contributed by atoms with van der Waals surface area (Å²) < 4.78 is 1.31. The van der Waals surface area contributed by atoms with E-state index >= 15 is 0 Å². The van der Waals surface area contributed by atoms with Crippen LogP contribution in [0.1, 0.15) is 0 Å². The first-order chi connectivity index (χ1) is 13.0. The number of carbonyl (C=O) groups is 1. The molecule has 7 heteroatoms. The van der Waals surface area contributed by atoms with Crippen molar-refractivity contribution in [2.24, 2.45) is 0 Å². The van der Waals surface area contributed by atoms with E-state index in [1.165, 1.54) is 4.68 Å². The fraction of sp³-hybridized carbons (Fsp3) is 0. The van der Waals surface area contributed by atoms with Crippen LogP contribution in [0.4, 0.5) is 10.5 Å². The van der Waals surface area contributed by atoms with E-state index < -0.39 is 6.03 Å². The number of rotatable bonds is 2. The summed E-state index contributed by atoms with van der Waals surface area (Å²) in [6, 6.07) is 19.1. The number of amides is 1. The molecule has 0 unspecified atom stereocenters. The second kappa shape index (κ2) is 7.24. The maximum Gasteiger partial charge on any atom is 0.347 e. The summed E-state index contributed by atoms with van der Waals surface area (Å²) in [6.07, 6.45) is 0. The lowest BCUT2D eigenvalue weighted by Gasteiger charge is -2.06. The summed E-state index contributed by atoms with van der Waals surface area (Å²) >= 11 is 18.0. The maximum absolute atomic E-state index is 12.8. The van der Waals surface area contributed by atoms with Crippen molar-refractivity contribution in [3.05, 3.63) is 81.8 Å². The Morgan fingerprint density at radius 2 is 1.41 bits per heavy atom. The lowest BCUT2D eigenvalue weighted by molar-refractivity contribution is 0.252. The van der Waals surface area contributed by atoms with Crippen molar-refractivity contribution in [3.8, 4) is 11.3 Å². The van der Waals surface area contributed by atoms with E-state index in [9.17, 15) is 4.79 Å². The van der Waals surface area contributed by atoms with Crippen LogP contribution in [-0.4, -0.2) is 15.8 Å². The van der Waals surface area contributed by atoms with Gasteiger partial charge >= 0.3 is 6.03 Å². The van der Waals surface area contributed by atoms with E-state index in [0.29, 0.717) is 32.0 Å². The van der Waals surface area contributed by atoms with Gasteiger partial charge in [-0.25, -0.2) is 4.79 Å². The second-order valence-corrected chi connectivity index (χ2v) is 7.18. The van der Waals surface area contributed by atoms with Crippen LogP contribution in [0.3, 0.4) is 0 Å². The van der Waals surface area contributed by atoms with Gasteiger partial charge in [-0.1, -0.05) is 46.9 Å². The highest BCUT2D eigenvalue weighted by molar-refractivity contribution is 6.31. The molecule has 0 saturated heterocycles. The Morgan fingerprint density at radius 3 is 2.07 bits per heavy atom. The topological polar surface area (TPSA) is 46.9 Å². The molecule has 4 aromatic rings. The predicted molar refractivity (Wildman–Crippen MR) is 111 cm³/mol. The largest absolute Gasteiger partial charge is 0.347 e. The van der Waals surface area contributed by atoms with Crippen molar-refractivity contribution >= 4 is 57.4 Å². The molecule has 1 aromatic heterocycles. The number of nitrogens with one attached hydrogen (secondary N) is 1. The zero-order valence-corrected chi connectivity index (χ0v) is 16.1. The lowest BCUT2D eigenvalue weighted by Crippen LogP contribution is -2.20. The Bertz CT molecular complexity index is 1140. The van der Waals surface area contributed by atoms with Crippen molar-refractivity contribution in [1.29, 1.82) is 0 Å². The molecule has 27 heavy (non-hydrogen) atoms. The summed E-state index contributed by atoms with van der Waals surface area (Å²) in [5.74, 6) is 0. The molecule has 0 radical (unpaired) electrons. The molecule has 0 aliphatic carbocycles. The molecular formula is C20H12Cl3N3O. The zero-order chi connectivity index (χ0) is 19.0. The molecule has 0 fully saturated rings. The third-order valence-electron chi connectivity index (χ3n) is 4.05. The predicted octanol–water partition coefficient (Wildman–Crippen LogP) is 6.74. The Kier molecular flexibility index (Phi) is 4.79. The fourth-order valence-corrected chi connectivity index (χ4v) is 3.19. The van der Waals surface area contributed by atoms with E-state index in [-0.39, 0.29) is 0 Å². The first-order valence-corrected chi connectivity index (χ1v) is 9.16. The van der Waals surface area contributed by atoms with Crippen LogP contribution in [0.2, 0.25) is 15.1 Å². The van der Waals surface area contributed by atoms with Crippen LogP contribution < -0.4 is 5.32 Å². The molecule has 0 saturated carbocycles. The molecule has 134 valence electrons. The van der Waals surface area contributed by atoms with Gasteiger partial charge in [0.15, 0.2) is 0 Å². The van der Waals surface area contributed by atoms with Crippen LogP contribution in [0.15, 0.2) is 66.7 Å². The van der Waals surface area contributed by atoms with E-state index in [1.54, 1.807) is 48.5 Å². The minimum atomic E-state index is -0.398. The number of hydrogen-bond acceptors (Lipinski definition) is 2. The molecule has 4 nitrogen and oxygen atoms in total. The zero-order valence-electron chi connectivity index (χ0n) is 13.8. The first-order valence-electron chi connectivity index (χ1n) is 8.02. The quantitative estimate of drug-likeness (QED) is 0.393. The average Bonchev–Trinajstić information content (AvgIpc) is 3.03. The van der Waals surface area contributed by atoms with Gasteiger partial charge in [0.25, 0.3) is 0 Å². The summed E-state index contributed by atoms with van der Waals surface area (Å²) in [6.45, 7) is 0. The number of fused-ring (bicyclic) bond motifs is 1. The summed E-state index contributed by atoms with van der Waals surface area (Å²) in [4.78, 5) is 12.8. The van der Waals surface area contributed by atoms with Gasteiger partial charge in [0, 0.05) is 31.7 Å². The number of benzene rings is 3. The maximum atomic E-state index is 12.8. The van der Waals surface area contributed by atoms with Crippen molar-refractivity contribution in [3.63, 3.8) is 0 Å². The number of aromatic nitrogens is 2. The van der Waals surface area contributed by atoms with Crippen LogP contribution >= 0.6 is 34.8 Å². The van der Waals surface area contributed by atoms with Gasteiger partial charge in [-0.2, -0.15) is 9.78 Å². The minimum Gasteiger partial charge on any atom is -0.306 e. The van der Waals surface area contributed by atoms with Crippen molar-refractivity contribution in [2.45, 2.75) is 0 Å². The highest BCUT2D eigenvalue weighted by Crippen LogP contribution is 2.30. The fourth-order valence-electron chi connectivity index (χ4n) is 2.77. The summed E-state index contributed by atoms with van der Waals surface area (Å²) in [5.41, 5.74) is 2.75. The van der Waals surface area contributed by atoms with E-state index in [2.05, 4.69) is 10.4 Å². The molecule has 0 atom stereocenters. The van der Waals surface area contributed by atoms with Gasteiger partial charge in [-0.05, 0) is 54.6 Å². The molecular weight excluding hydrogens is 405 g/mol. The molecule has 0 bridgehead atoms. The normalized spacial score (nSPS) is 10.9. The second-order valence-electron chi connectivity index (χ2n) is 5.87. The Morgan fingerprint density at radius 1 is 0.815 bits per heavy atom. The number of anilines is 1. The van der Waals surface area contributed by atoms with Gasteiger partial charge in [-0.15, -0.1) is 0 Å². The van der Waals surface area contributed by atoms with Crippen LogP contribution in [-0.2, 0) is 0 Å². The van der Waals surface area contributed by atoms with Crippen molar-refractivity contribution in [1.82, 2.24) is 9.78 Å². The third-order valence-corrected chi connectivity index (χ3v) is 4.79. The Labute approximate surface area is 170 Å². The summed E-state index contributed by atoms with van der Waals surface area (Å²) in [5, 5.41) is 9.89. The highest BCUT2D eigenvalue weighted by atomic mass is 35.5. The van der Waals surface area contributed by atoms with Gasteiger partial charge in [0.1, 0.15) is 5.69 Å². The van der Waals surface area contributed by atoms with Gasteiger partial charge < -0.3 is 5.32 Å². The number of carbonyl (C=O) groups excluding carboxylic acids is 1. The van der Waals surface area contributed by atoms with Crippen molar-refractivity contribution < 1.29 is 4.79 Å². The van der Waals surface area contributed by atoms with Crippen molar-refractivity contribution in [2.75, 3.05) is 5.32 Å². The van der Waals surface area contributed by atoms with Gasteiger partial charge in [0.2, 0.25) is 0 Å². The Balaban J connectivity index is 1.80. The number of halogens is 3. The van der Waals surface area contributed by atoms with Gasteiger partial charge in [0.05, 0.1) is 5.52 Å². The highest BCUT2D eigenvalue weighted by Gasteiger charge is 2.17. The summed E-state index contributed by atoms with van der Waals surface area (Å²) in [7, 11) is 0. The van der Waals surface area contributed by atoms with Gasteiger partial charge in [-0.3, -0.25) is 0 Å². The molecule has 0 aliphatic rings. The molecule has 4 rings (SSSR count). The average molecular weight is 417 g/mol. The van der Waals surface area contributed by atoms with Crippen LogP contribution in [0, 0.1) is 0 Å². The standard InChI is InChI=1S/C20H12Cl3N3O/c21-13-3-1-12(2-4-13)19-17-10-7-15(23)11-18(17)26(25-19)20(27)24-16-8-5-14(22)6-9-16/h1-11H,(H,24,27). The molecule has 0 spiro atoms. The third kappa shape index (κ3) is 3.65. The molecule has 1 N–H and O–H groups in total. The smallest absolute Gasteiger partial charge is 0.306 e. The van der Waals surface area contributed by atoms with Crippen LogP contribution in [0.25, 0.3) is 22.2 Å². The minimum absolute atomic E-state index is 0.398. The molecule has 1 amide bonds. The molecule has 1 heterocycles. The number of hydrogen-bond donors (Lipinski definition) is 1. The first kappa shape index (κ1) is 17.9. The number of nitrogens with zero attached hydrogens (tertiary/aromatic N) is 2. The van der Waals surface area contributed by atoms with E-state index in [4.69, 9.17) is 34.8 Å². The van der Waals surface area contributed by atoms with Crippen LogP contribution in [0.5, 0.6) is 0 Å². The molecule has 0 aliphatic heterocycles. The lowest BCUT2D eigenvalue weighted by atomic mass is 10.1. The Hall–Kier alpha value is -2.53. The molecule has 3 aromatic carbocycles. The monoisotopic (exact) mass is 415 g/mol. The SMILES string of the molecule is O=C(Nc1ccc(Cl)cc1)n1nc(-c2ccc(Cl)cc2)c2ccc(Cl)cc21. The van der Waals surface area contributed by atoms with E-state index in [0.717, 1.165) is 10.9 Å². The van der Waals surface area contributed by atoms with E-state index in [1.807, 2.05) is 18.2 Å².